The van der Waals surface area contributed by atoms with E-state index >= 15 is 0 Å². The van der Waals surface area contributed by atoms with Crippen LogP contribution in [0.15, 0.2) is 0 Å². The standard InChI is InChI=1S/C40H74N8O9/c1-5-8-9-10-11-12-13-14-15-16-17-18-19-22-32(49)45-31(24-26-34(52)53)37(55)46-29(21-20-27-44-40(41)42)38(56)48-35(28(4)6-2)39(57)47-30(23-25-33(50)51)36(54)43-7-3/h28-31,35H,5-27H2,1-4H3,(H,43,54)(H,45,49)(H,46,55)(H,47,57)(H,48,56)(H,50,51)(H,52,53)(H4,41,42,44)/t28-,29-,30-,31-,35-/m0/s1. The third-order valence-electron chi connectivity index (χ3n) is 9.85. The maximum absolute atomic E-state index is 13.8. The molecule has 0 rings (SSSR count). The van der Waals surface area contributed by atoms with E-state index in [9.17, 15) is 38.7 Å². The highest BCUT2D eigenvalue weighted by Crippen LogP contribution is 2.14. The highest BCUT2D eigenvalue weighted by Gasteiger charge is 2.33. The predicted octanol–water partition coefficient (Wildman–Crippen LogP) is 3.58. The van der Waals surface area contributed by atoms with Gasteiger partial charge in [0.25, 0.3) is 0 Å². The van der Waals surface area contributed by atoms with Gasteiger partial charge in [0.2, 0.25) is 29.5 Å². The number of aliphatic carboxylic acids is 2. The van der Waals surface area contributed by atoms with E-state index in [0.717, 1.165) is 25.7 Å². The zero-order chi connectivity index (χ0) is 43.0. The van der Waals surface area contributed by atoms with E-state index in [0.29, 0.717) is 12.8 Å². The largest absolute Gasteiger partial charge is 0.481 e. The molecule has 0 fully saturated rings. The van der Waals surface area contributed by atoms with Gasteiger partial charge in [0.15, 0.2) is 5.96 Å². The molecule has 0 aliphatic carbocycles. The fourth-order valence-corrected chi connectivity index (χ4v) is 6.23. The van der Waals surface area contributed by atoms with Gasteiger partial charge >= 0.3 is 11.9 Å². The van der Waals surface area contributed by atoms with Gasteiger partial charge in [0.05, 0.1) is 0 Å². The van der Waals surface area contributed by atoms with Gasteiger partial charge in [-0.1, -0.05) is 104 Å². The molecule has 0 aromatic carbocycles. The van der Waals surface area contributed by atoms with Gasteiger partial charge in [-0.2, -0.15) is 0 Å². The second-order valence-corrected chi connectivity index (χ2v) is 14.8. The number of nitrogens with one attached hydrogen (secondary N) is 7. The molecular formula is C40H74N8O9. The van der Waals surface area contributed by atoms with Gasteiger partial charge in [0.1, 0.15) is 24.2 Å². The molecule has 0 aromatic heterocycles. The lowest BCUT2D eigenvalue weighted by Gasteiger charge is -2.29. The number of nitrogens with two attached hydrogens (primary N) is 1. The van der Waals surface area contributed by atoms with Crippen molar-refractivity contribution in [2.75, 3.05) is 13.1 Å². The molecule has 5 amide bonds. The first-order chi connectivity index (χ1) is 27.2. The number of carbonyl (C=O) groups excluding carboxylic acids is 5. The van der Waals surface area contributed by atoms with Gasteiger partial charge in [-0.25, -0.2) is 0 Å². The number of carboxylic acid groups (broad SMARTS) is 2. The maximum Gasteiger partial charge on any atom is 0.303 e. The number of rotatable bonds is 35. The molecule has 0 heterocycles. The summed E-state index contributed by atoms with van der Waals surface area (Å²) in [5, 5.41) is 41.6. The van der Waals surface area contributed by atoms with Crippen LogP contribution in [0.4, 0.5) is 0 Å². The zero-order valence-electron chi connectivity index (χ0n) is 35.0. The van der Waals surface area contributed by atoms with E-state index in [1.165, 1.54) is 51.4 Å². The average Bonchev–Trinajstić information content (AvgIpc) is 3.16. The molecule has 5 atom stereocenters. The van der Waals surface area contributed by atoms with Crippen molar-refractivity contribution in [1.29, 1.82) is 5.41 Å². The molecule has 0 radical (unpaired) electrons. The van der Waals surface area contributed by atoms with Crippen molar-refractivity contribution >= 4 is 47.4 Å². The van der Waals surface area contributed by atoms with E-state index in [1.807, 2.05) is 0 Å². The van der Waals surface area contributed by atoms with Gasteiger partial charge in [-0.05, 0) is 44.9 Å². The number of hydrogen-bond donors (Lipinski definition) is 10. The molecular weight excluding hydrogens is 736 g/mol. The normalized spacial score (nSPS) is 13.5. The molecule has 0 aliphatic heterocycles. The molecule has 17 nitrogen and oxygen atoms in total. The van der Waals surface area contributed by atoms with Gasteiger partial charge in [-0.3, -0.25) is 39.0 Å². The van der Waals surface area contributed by atoms with E-state index in [2.05, 4.69) is 38.8 Å². The summed E-state index contributed by atoms with van der Waals surface area (Å²) >= 11 is 0. The quantitative estimate of drug-likeness (QED) is 0.0251. The summed E-state index contributed by atoms with van der Waals surface area (Å²) in [6, 6.07) is -4.85. The second kappa shape index (κ2) is 32.6. The zero-order valence-corrected chi connectivity index (χ0v) is 35.0. The van der Waals surface area contributed by atoms with Gasteiger partial charge in [-0.15, -0.1) is 0 Å². The molecule has 0 spiro atoms. The molecule has 0 saturated heterocycles. The van der Waals surface area contributed by atoms with Crippen molar-refractivity contribution in [2.24, 2.45) is 11.7 Å². The Morgan fingerprint density at radius 3 is 1.47 bits per heavy atom. The molecule has 0 saturated carbocycles. The summed E-state index contributed by atoms with van der Waals surface area (Å²) in [5.41, 5.74) is 5.39. The van der Waals surface area contributed by atoms with Crippen LogP contribution in [-0.2, 0) is 33.6 Å². The van der Waals surface area contributed by atoms with Crippen molar-refractivity contribution in [3.05, 3.63) is 0 Å². The third kappa shape index (κ3) is 26.9. The first-order valence-electron chi connectivity index (χ1n) is 21.2. The van der Waals surface area contributed by atoms with Crippen molar-refractivity contribution in [2.45, 2.75) is 187 Å². The predicted molar refractivity (Wildman–Crippen MR) is 219 cm³/mol. The van der Waals surface area contributed by atoms with Crippen molar-refractivity contribution < 1.29 is 43.8 Å². The number of amides is 5. The Morgan fingerprint density at radius 1 is 0.544 bits per heavy atom. The van der Waals surface area contributed by atoms with Crippen LogP contribution in [0.2, 0.25) is 0 Å². The molecule has 0 unspecified atom stereocenters. The van der Waals surface area contributed by atoms with Crippen molar-refractivity contribution in [3.8, 4) is 0 Å². The first kappa shape index (κ1) is 52.6. The fraction of sp³-hybridized carbons (Fsp3) is 0.800. The smallest absolute Gasteiger partial charge is 0.303 e. The molecule has 57 heavy (non-hydrogen) atoms. The number of carboxylic acids is 2. The highest BCUT2D eigenvalue weighted by atomic mass is 16.4. The lowest BCUT2D eigenvalue weighted by atomic mass is 9.96. The summed E-state index contributed by atoms with van der Waals surface area (Å²) in [5.74, 6) is -6.29. The first-order valence-corrected chi connectivity index (χ1v) is 21.2. The highest BCUT2D eigenvalue weighted by molar-refractivity contribution is 5.95. The maximum atomic E-state index is 13.8. The van der Waals surface area contributed by atoms with Crippen molar-refractivity contribution in [3.63, 3.8) is 0 Å². The van der Waals surface area contributed by atoms with Crippen LogP contribution in [0.1, 0.15) is 163 Å². The minimum Gasteiger partial charge on any atom is -0.481 e. The molecule has 11 N–H and O–H groups in total. The lowest BCUT2D eigenvalue weighted by Crippen LogP contribution is -2.59. The Hall–Kier alpha value is -4.44. The summed E-state index contributed by atoms with van der Waals surface area (Å²) in [6.45, 7) is 7.83. The fourth-order valence-electron chi connectivity index (χ4n) is 6.23. The Bertz CT molecular complexity index is 1240. The van der Waals surface area contributed by atoms with Gasteiger partial charge < -0.3 is 47.8 Å². The van der Waals surface area contributed by atoms with Crippen LogP contribution in [0.25, 0.3) is 0 Å². The Morgan fingerprint density at radius 2 is 1.00 bits per heavy atom. The Balaban J connectivity index is 5.64. The van der Waals surface area contributed by atoms with Crippen LogP contribution in [0, 0.1) is 11.3 Å². The minimum atomic E-state index is -1.25. The van der Waals surface area contributed by atoms with Gasteiger partial charge in [0, 0.05) is 32.4 Å². The van der Waals surface area contributed by atoms with Crippen LogP contribution >= 0.6 is 0 Å². The summed E-state index contributed by atoms with van der Waals surface area (Å²) in [7, 11) is 0. The number of carbonyl (C=O) groups is 7. The minimum absolute atomic E-state index is 0.0192. The molecule has 0 bridgehead atoms. The molecule has 0 aromatic rings. The van der Waals surface area contributed by atoms with Crippen molar-refractivity contribution in [1.82, 2.24) is 31.9 Å². The van der Waals surface area contributed by atoms with E-state index in [1.54, 1.807) is 20.8 Å². The third-order valence-corrected chi connectivity index (χ3v) is 9.85. The van der Waals surface area contributed by atoms with Crippen LogP contribution in [-0.4, -0.2) is 94.9 Å². The summed E-state index contributed by atoms with van der Waals surface area (Å²) in [6.07, 6.45) is 14.6. The topological polar surface area (TPSA) is 282 Å². The average molecular weight is 811 g/mol. The van der Waals surface area contributed by atoms with E-state index in [4.69, 9.17) is 16.2 Å². The number of likely N-dealkylation sites (N-methyl/N-ethyl adjacent to an activating group) is 1. The monoisotopic (exact) mass is 811 g/mol. The van der Waals surface area contributed by atoms with E-state index in [-0.39, 0.29) is 57.6 Å². The van der Waals surface area contributed by atoms with Crippen LogP contribution in [0.5, 0.6) is 0 Å². The number of guanidine groups is 1. The number of unbranched alkanes of at least 4 members (excludes halogenated alkanes) is 12. The van der Waals surface area contributed by atoms with E-state index < -0.39 is 78.0 Å². The number of hydrogen-bond acceptors (Lipinski definition) is 8. The summed E-state index contributed by atoms with van der Waals surface area (Å²) < 4.78 is 0. The van der Waals surface area contributed by atoms with Crippen LogP contribution in [0.3, 0.4) is 0 Å². The molecule has 328 valence electrons. The Kier molecular flexibility index (Phi) is 30.1. The lowest BCUT2D eigenvalue weighted by molar-refractivity contribution is -0.139. The molecule has 0 aliphatic rings. The van der Waals surface area contributed by atoms with Crippen LogP contribution < -0.4 is 37.6 Å². The Labute approximate surface area is 339 Å². The SMILES string of the molecule is CCCCCCCCCCCCCCCC(=O)N[C@@H](CCC(=O)O)C(=O)N[C@@H](CCCNC(=N)N)C(=O)N[C@H](C(=O)N[C@@H](CCC(=O)O)C(=O)NCC)[C@@H](C)CC. The summed E-state index contributed by atoms with van der Waals surface area (Å²) in [4.78, 5) is 89.2. The molecule has 17 heteroatoms. The second-order valence-electron chi connectivity index (χ2n) is 14.8.